The van der Waals surface area contributed by atoms with Crippen molar-refractivity contribution in [3.8, 4) is 5.75 Å². The van der Waals surface area contributed by atoms with Crippen molar-refractivity contribution in [2.75, 3.05) is 25.9 Å². The number of hydrogen-bond donors (Lipinski definition) is 1. The van der Waals surface area contributed by atoms with Crippen LogP contribution in [0.3, 0.4) is 0 Å². The Bertz CT molecular complexity index is 1830. The summed E-state index contributed by atoms with van der Waals surface area (Å²) in [7, 11) is -2.17. The van der Waals surface area contributed by atoms with Crippen LogP contribution in [0.15, 0.2) is 44.8 Å². The maximum atomic E-state index is 13.5. The van der Waals surface area contributed by atoms with Crippen molar-refractivity contribution in [3.05, 3.63) is 67.3 Å². The van der Waals surface area contributed by atoms with E-state index >= 15 is 0 Å². The second-order valence-electron chi connectivity index (χ2n) is 11.8. The maximum Gasteiger partial charge on any atom is 0.573 e. The maximum absolute atomic E-state index is 13.5. The number of ether oxygens (including phenoxy) is 2. The van der Waals surface area contributed by atoms with Crippen molar-refractivity contribution in [2.45, 2.75) is 70.1 Å². The molecule has 1 fully saturated rings. The molecule has 45 heavy (non-hydrogen) atoms. The average molecular weight is 675 g/mol. The molecule has 1 atom stereocenters. The van der Waals surface area contributed by atoms with Crippen molar-refractivity contribution in [1.29, 1.82) is 0 Å². The quantitative estimate of drug-likeness (QED) is 0.369. The molecule has 1 amide bonds. The van der Waals surface area contributed by atoms with Gasteiger partial charge in [0.15, 0.2) is 9.84 Å². The molecule has 0 bridgehead atoms. The van der Waals surface area contributed by atoms with Gasteiger partial charge in [0.05, 0.1) is 28.1 Å². The van der Waals surface area contributed by atoms with E-state index in [9.17, 15) is 36.0 Å². The Kier molecular flexibility index (Phi) is 9.67. The van der Waals surface area contributed by atoms with E-state index in [2.05, 4.69) is 9.72 Å². The summed E-state index contributed by atoms with van der Waals surface area (Å²) in [6.07, 6.45) is -5.06. The third-order valence-electron chi connectivity index (χ3n) is 7.33. The summed E-state index contributed by atoms with van der Waals surface area (Å²) in [6.45, 7) is 6.90. The van der Waals surface area contributed by atoms with Gasteiger partial charge in [0, 0.05) is 43.3 Å². The number of halogens is 4. The number of aromatic amines is 1. The standard InChI is InChI=1S/C29H34ClF3N4O7S/c1-6-45(41,42)24-8-7-19(30)11-18(24)15-37-25(38)21-13-23(43-29(31,32)33)17(12-22(21)34-26(37)39)14-36-10-9-20(16-36)35(5)27(40)44-28(2,3)4/h7-8,11-13,20H,6,9-10,14-16H2,1-5H3,(H,34,39)/t20-/m1/s1. The molecular weight excluding hydrogens is 641 g/mol. The number of amides is 1. The van der Waals surface area contributed by atoms with Gasteiger partial charge in [-0.3, -0.25) is 14.3 Å². The number of nitrogens with one attached hydrogen (secondary N) is 1. The van der Waals surface area contributed by atoms with E-state index < -0.39 is 51.4 Å². The van der Waals surface area contributed by atoms with E-state index in [1.807, 2.05) is 4.90 Å². The van der Waals surface area contributed by atoms with E-state index in [0.29, 0.717) is 24.1 Å². The summed E-state index contributed by atoms with van der Waals surface area (Å²) in [4.78, 5) is 44.8. The molecule has 1 aliphatic heterocycles. The number of hydrogen-bond acceptors (Lipinski definition) is 8. The number of rotatable bonds is 8. The SMILES string of the molecule is CCS(=O)(=O)c1ccc(Cl)cc1Cn1c(=O)[nH]c2cc(CN3CC[C@@H](N(C)C(=O)OC(C)(C)C)C3)c(OC(F)(F)F)cc2c1=O. The van der Waals surface area contributed by atoms with Crippen LogP contribution in [0.25, 0.3) is 10.9 Å². The zero-order valence-electron chi connectivity index (χ0n) is 25.3. The summed E-state index contributed by atoms with van der Waals surface area (Å²) in [5.74, 6) is -0.882. The Hall–Kier alpha value is -3.56. The van der Waals surface area contributed by atoms with E-state index in [1.165, 1.54) is 36.1 Å². The molecular formula is C29H34ClF3N4O7S. The van der Waals surface area contributed by atoms with Crippen molar-refractivity contribution in [2.24, 2.45) is 0 Å². The Morgan fingerprint density at radius 2 is 1.80 bits per heavy atom. The molecule has 2 heterocycles. The molecule has 1 N–H and O–H groups in total. The second-order valence-corrected chi connectivity index (χ2v) is 14.5. The van der Waals surface area contributed by atoms with Crippen LogP contribution >= 0.6 is 11.6 Å². The molecule has 0 spiro atoms. The topological polar surface area (TPSA) is 131 Å². The fraction of sp³-hybridized carbons (Fsp3) is 0.483. The molecule has 0 unspecified atom stereocenters. The van der Waals surface area contributed by atoms with Crippen LogP contribution < -0.4 is 16.0 Å². The van der Waals surface area contributed by atoms with Crippen LogP contribution in [-0.2, 0) is 27.7 Å². The number of alkyl halides is 3. The van der Waals surface area contributed by atoms with Crippen LogP contribution in [0.1, 0.15) is 45.2 Å². The molecule has 16 heteroatoms. The van der Waals surface area contributed by atoms with Gasteiger partial charge in [-0.15, -0.1) is 13.2 Å². The minimum absolute atomic E-state index is 0.0279. The van der Waals surface area contributed by atoms with Crippen molar-refractivity contribution >= 4 is 38.4 Å². The molecule has 1 saturated heterocycles. The van der Waals surface area contributed by atoms with Crippen molar-refractivity contribution in [1.82, 2.24) is 19.4 Å². The van der Waals surface area contributed by atoms with Crippen LogP contribution in [0.5, 0.6) is 5.75 Å². The van der Waals surface area contributed by atoms with Crippen LogP contribution in [0, 0.1) is 0 Å². The third kappa shape index (κ3) is 8.19. The zero-order valence-corrected chi connectivity index (χ0v) is 26.9. The smallest absolute Gasteiger partial charge is 0.444 e. The van der Waals surface area contributed by atoms with Gasteiger partial charge in [-0.05, 0) is 63.1 Å². The van der Waals surface area contributed by atoms with E-state index in [1.54, 1.807) is 27.8 Å². The Morgan fingerprint density at radius 1 is 1.11 bits per heavy atom. The number of likely N-dealkylation sites (tertiary alicyclic amines) is 1. The third-order valence-corrected chi connectivity index (χ3v) is 9.39. The number of nitrogens with zero attached hydrogens (tertiary/aromatic N) is 3. The first-order valence-electron chi connectivity index (χ1n) is 14.0. The average Bonchev–Trinajstić information content (AvgIpc) is 3.38. The van der Waals surface area contributed by atoms with Gasteiger partial charge in [-0.1, -0.05) is 18.5 Å². The van der Waals surface area contributed by atoms with E-state index in [-0.39, 0.29) is 50.3 Å². The first-order chi connectivity index (χ1) is 20.8. The number of sulfone groups is 1. The normalized spacial score (nSPS) is 16.2. The molecule has 246 valence electrons. The lowest BCUT2D eigenvalue weighted by atomic mass is 10.1. The lowest BCUT2D eigenvalue weighted by Crippen LogP contribution is -2.42. The molecule has 4 rings (SSSR count). The highest BCUT2D eigenvalue weighted by Gasteiger charge is 2.35. The molecule has 1 aliphatic rings. The van der Waals surface area contributed by atoms with Crippen LogP contribution in [0.2, 0.25) is 5.02 Å². The number of likely N-dealkylation sites (N-methyl/N-ethyl adjacent to an activating group) is 1. The number of benzene rings is 2. The van der Waals surface area contributed by atoms with Gasteiger partial charge in [0.25, 0.3) is 5.56 Å². The van der Waals surface area contributed by atoms with Gasteiger partial charge >= 0.3 is 18.1 Å². The monoisotopic (exact) mass is 674 g/mol. The van der Waals surface area contributed by atoms with Gasteiger partial charge < -0.3 is 19.4 Å². The van der Waals surface area contributed by atoms with Crippen molar-refractivity contribution < 1.29 is 35.9 Å². The zero-order chi connectivity index (χ0) is 33.5. The summed E-state index contributed by atoms with van der Waals surface area (Å²) >= 11 is 6.07. The fourth-order valence-electron chi connectivity index (χ4n) is 5.11. The number of carbonyl (C=O) groups excluding carboxylic acids is 1. The molecule has 11 nitrogen and oxygen atoms in total. The van der Waals surface area contributed by atoms with Crippen LogP contribution in [-0.4, -0.2) is 77.8 Å². The fourth-order valence-corrected chi connectivity index (χ4v) is 6.41. The molecule has 0 saturated carbocycles. The van der Waals surface area contributed by atoms with Gasteiger partial charge in [-0.2, -0.15) is 0 Å². The molecule has 0 aliphatic carbocycles. The summed E-state index contributed by atoms with van der Waals surface area (Å²) in [5.41, 5.74) is -2.45. The summed E-state index contributed by atoms with van der Waals surface area (Å²) < 4.78 is 76.1. The highest BCUT2D eigenvalue weighted by Crippen LogP contribution is 2.31. The Balaban J connectivity index is 1.70. The Morgan fingerprint density at radius 3 is 2.42 bits per heavy atom. The Labute approximate surface area is 262 Å². The molecule has 3 aromatic rings. The van der Waals surface area contributed by atoms with Gasteiger partial charge in [0.1, 0.15) is 11.4 Å². The molecule has 1 aromatic heterocycles. The summed E-state index contributed by atoms with van der Waals surface area (Å²) in [6, 6.07) is 5.85. The number of H-pyrrole nitrogens is 1. The lowest BCUT2D eigenvalue weighted by Gasteiger charge is -2.28. The van der Waals surface area contributed by atoms with Crippen LogP contribution in [0.4, 0.5) is 18.0 Å². The highest BCUT2D eigenvalue weighted by atomic mass is 35.5. The molecule has 0 radical (unpaired) electrons. The largest absolute Gasteiger partial charge is 0.573 e. The van der Waals surface area contributed by atoms with E-state index in [4.69, 9.17) is 16.3 Å². The van der Waals surface area contributed by atoms with Crippen molar-refractivity contribution in [3.63, 3.8) is 0 Å². The minimum atomic E-state index is -5.09. The number of fused-ring (bicyclic) bond motifs is 1. The lowest BCUT2D eigenvalue weighted by molar-refractivity contribution is -0.274. The van der Waals surface area contributed by atoms with Gasteiger partial charge in [-0.25, -0.2) is 18.0 Å². The minimum Gasteiger partial charge on any atom is -0.444 e. The highest BCUT2D eigenvalue weighted by molar-refractivity contribution is 7.91. The van der Waals surface area contributed by atoms with Gasteiger partial charge in [0.2, 0.25) is 0 Å². The first-order valence-corrected chi connectivity index (χ1v) is 16.1. The predicted octanol–water partition coefficient (Wildman–Crippen LogP) is 4.52. The number of aromatic nitrogens is 2. The summed E-state index contributed by atoms with van der Waals surface area (Å²) in [5, 5.41) is -0.110. The van der Waals surface area contributed by atoms with E-state index in [0.717, 1.165) is 6.07 Å². The first kappa shape index (κ1) is 34.3. The molecule has 2 aromatic carbocycles. The predicted molar refractivity (Wildman–Crippen MR) is 161 cm³/mol. The second kappa shape index (κ2) is 12.7. The number of carbonyl (C=O) groups is 1.